The van der Waals surface area contributed by atoms with Gasteiger partial charge in [0.1, 0.15) is 0 Å². The quantitative estimate of drug-likeness (QED) is 0.710. The van der Waals surface area contributed by atoms with Gasteiger partial charge in [-0.2, -0.15) is 0 Å². The average Bonchev–Trinajstić information content (AvgIpc) is 2.83. The maximum atomic E-state index is 3.76. The third kappa shape index (κ3) is 3.69. The van der Waals surface area contributed by atoms with Crippen LogP contribution in [0, 0.1) is 11.3 Å². The van der Waals surface area contributed by atoms with Crippen molar-refractivity contribution >= 4 is 0 Å². The van der Waals surface area contributed by atoms with E-state index in [1.165, 1.54) is 36.8 Å². The second-order valence-corrected chi connectivity index (χ2v) is 7.50. The van der Waals surface area contributed by atoms with Gasteiger partial charge in [-0.1, -0.05) is 65.3 Å². The van der Waals surface area contributed by atoms with E-state index in [1.54, 1.807) is 0 Å². The molecule has 3 unspecified atom stereocenters. The third-order valence-electron chi connectivity index (χ3n) is 5.64. The zero-order chi connectivity index (χ0) is 15.5. The van der Waals surface area contributed by atoms with Gasteiger partial charge in [-0.05, 0) is 54.2 Å². The number of nitrogens with one attached hydrogen (secondary N) is 1. The van der Waals surface area contributed by atoms with Crippen molar-refractivity contribution in [1.82, 2.24) is 5.32 Å². The van der Waals surface area contributed by atoms with Gasteiger partial charge in [-0.15, -0.1) is 0 Å². The molecule has 1 aliphatic carbocycles. The van der Waals surface area contributed by atoms with Crippen LogP contribution in [-0.4, -0.2) is 6.54 Å². The number of hydrogen-bond acceptors (Lipinski definition) is 1. The Morgan fingerprint density at radius 2 is 1.76 bits per heavy atom. The van der Waals surface area contributed by atoms with Crippen LogP contribution < -0.4 is 5.32 Å². The Hall–Kier alpha value is -0.820. The van der Waals surface area contributed by atoms with E-state index in [9.17, 15) is 0 Å². The SMILES string of the molecule is CCNC(c1ccc(C(C)CC)cc1)C1CCCC1(C)C. The standard InChI is InChI=1S/C20H33N/c1-6-15(3)16-10-12-17(13-11-16)19(21-7-2)18-9-8-14-20(18,4)5/h10-13,15,18-19,21H,6-9,14H2,1-5H3. The van der Waals surface area contributed by atoms with Gasteiger partial charge in [-0.25, -0.2) is 0 Å². The lowest BCUT2D eigenvalue weighted by Crippen LogP contribution is -2.33. The fourth-order valence-corrected chi connectivity index (χ4v) is 3.95. The van der Waals surface area contributed by atoms with E-state index in [0.717, 1.165) is 12.5 Å². The fourth-order valence-electron chi connectivity index (χ4n) is 3.95. The maximum Gasteiger partial charge on any atom is 0.0353 e. The number of hydrogen-bond donors (Lipinski definition) is 1. The van der Waals surface area contributed by atoms with Crippen molar-refractivity contribution in [3.8, 4) is 0 Å². The largest absolute Gasteiger partial charge is 0.310 e. The summed E-state index contributed by atoms with van der Waals surface area (Å²) in [5, 5.41) is 3.76. The Morgan fingerprint density at radius 1 is 1.14 bits per heavy atom. The second-order valence-electron chi connectivity index (χ2n) is 7.50. The van der Waals surface area contributed by atoms with Gasteiger partial charge in [0.05, 0.1) is 0 Å². The number of rotatable bonds is 6. The van der Waals surface area contributed by atoms with Gasteiger partial charge in [0.2, 0.25) is 0 Å². The number of benzene rings is 1. The van der Waals surface area contributed by atoms with Crippen molar-refractivity contribution < 1.29 is 0 Å². The highest BCUT2D eigenvalue weighted by atomic mass is 14.9. The zero-order valence-corrected chi connectivity index (χ0v) is 14.6. The van der Waals surface area contributed by atoms with Crippen LogP contribution in [0.3, 0.4) is 0 Å². The Morgan fingerprint density at radius 3 is 2.24 bits per heavy atom. The Balaban J connectivity index is 2.22. The molecule has 21 heavy (non-hydrogen) atoms. The molecule has 2 rings (SSSR count). The highest BCUT2D eigenvalue weighted by molar-refractivity contribution is 5.28. The predicted molar refractivity (Wildman–Crippen MR) is 92.7 cm³/mol. The fraction of sp³-hybridized carbons (Fsp3) is 0.700. The summed E-state index contributed by atoms with van der Waals surface area (Å²) in [7, 11) is 0. The van der Waals surface area contributed by atoms with Gasteiger partial charge in [0, 0.05) is 6.04 Å². The Labute approximate surface area is 131 Å². The van der Waals surface area contributed by atoms with Gasteiger partial charge in [-0.3, -0.25) is 0 Å². The molecule has 0 saturated heterocycles. The molecule has 0 bridgehead atoms. The molecule has 1 aromatic rings. The van der Waals surface area contributed by atoms with Crippen LogP contribution >= 0.6 is 0 Å². The summed E-state index contributed by atoms with van der Waals surface area (Å²) in [6, 6.07) is 9.93. The first-order chi connectivity index (χ1) is 9.99. The Kier molecular flexibility index (Phi) is 5.48. The summed E-state index contributed by atoms with van der Waals surface area (Å²) in [6.45, 7) is 12.7. The van der Waals surface area contributed by atoms with Crippen molar-refractivity contribution in [1.29, 1.82) is 0 Å². The lowest BCUT2D eigenvalue weighted by Gasteiger charge is -2.35. The highest BCUT2D eigenvalue weighted by Gasteiger charge is 2.39. The second kappa shape index (κ2) is 6.96. The lowest BCUT2D eigenvalue weighted by atomic mass is 9.75. The zero-order valence-electron chi connectivity index (χ0n) is 14.6. The molecule has 1 aliphatic rings. The van der Waals surface area contributed by atoms with Crippen molar-refractivity contribution in [3.05, 3.63) is 35.4 Å². The molecule has 0 spiro atoms. The minimum Gasteiger partial charge on any atom is -0.310 e. The van der Waals surface area contributed by atoms with Crippen molar-refractivity contribution in [2.24, 2.45) is 11.3 Å². The van der Waals surface area contributed by atoms with Crippen LogP contribution in [-0.2, 0) is 0 Å². The molecular weight excluding hydrogens is 254 g/mol. The van der Waals surface area contributed by atoms with E-state index in [1.807, 2.05) is 0 Å². The molecule has 0 aliphatic heterocycles. The van der Waals surface area contributed by atoms with E-state index in [2.05, 4.69) is 64.2 Å². The predicted octanol–water partition coefficient (Wildman–Crippen LogP) is 5.68. The van der Waals surface area contributed by atoms with Gasteiger partial charge in [0.15, 0.2) is 0 Å². The molecule has 1 aromatic carbocycles. The van der Waals surface area contributed by atoms with Crippen molar-refractivity contribution in [2.45, 2.75) is 72.3 Å². The van der Waals surface area contributed by atoms with E-state index in [-0.39, 0.29) is 0 Å². The summed E-state index contributed by atoms with van der Waals surface area (Å²) < 4.78 is 0. The molecule has 1 nitrogen and oxygen atoms in total. The van der Waals surface area contributed by atoms with Gasteiger partial charge < -0.3 is 5.32 Å². The molecule has 0 amide bonds. The first-order valence-corrected chi connectivity index (χ1v) is 8.82. The summed E-state index contributed by atoms with van der Waals surface area (Å²) in [6.07, 6.45) is 5.32. The van der Waals surface area contributed by atoms with E-state index >= 15 is 0 Å². The topological polar surface area (TPSA) is 12.0 Å². The maximum absolute atomic E-state index is 3.76. The normalized spacial score (nSPS) is 24.0. The van der Waals surface area contributed by atoms with E-state index < -0.39 is 0 Å². The van der Waals surface area contributed by atoms with Crippen LogP contribution in [0.5, 0.6) is 0 Å². The summed E-state index contributed by atoms with van der Waals surface area (Å²) in [5.41, 5.74) is 3.41. The average molecular weight is 287 g/mol. The van der Waals surface area contributed by atoms with E-state index in [4.69, 9.17) is 0 Å². The van der Waals surface area contributed by atoms with Crippen molar-refractivity contribution in [3.63, 3.8) is 0 Å². The monoisotopic (exact) mass is 287 g/mol. The van der Waals surface area contributed by atoms with Crippen LogP contribution in [0.25, 0.3) is 0 Å². The lowest BCUT2D eigenvalue weighted by molar-refractivity contribution is 0.199. The minimum atomic E-state index is 0.461. The highest BCUT2D eigenvalue weighted by Crippen LogP contribution is 2.48. The Bertz CT molecular complexity index is 432. The van der Waals surface area contributed by atoms with Crippen LogP contribution in [0.2, 0.25) is 0 Å². The minimum absolute atomic E-state index is 0.461. The molecule has 1 saturated carbocycles. The molecule has 1 N–H and O–H groups in total. The molecule has 1 fully saturated rings. The molecule has 0 heterocycles. The van der Waals surface area contributed by atoms with Crippen LogP contribution in [0.1, 0.15) is 83.4 Å². The molecular formula is C20H33N. The van der Waals surface area contributed by atoms with Crippen molar-refractivity contribution in [2.75, 3.05) is 6.54 Å². The van der Waals surface area contributed by atoms with Gasteiger partial charge >= 0.3 is 0 Å². The van der Waals surface area contributed by atoms with E-state index in [0.29, 0.717) is 17.4 Å². The molecule has 1 heteroatoms. The summed E-state index contributed by atoms with van der Waals surface area (Å²) in [4.78, 5) is 0. The van der Waals surface area contributed by atoms with Gasteiger partial charge in [0.25, 0.3) is 0 Å². The third-order valence-corrected chi connectivity index (χ3v) is 5.64. The molecule has 0 radical (unpaired) electrons. The molecule has 0 aromatic heterocycles. The van der Waals surface area contributed by atoms with Crippen LogP contribution in [0.15, 0.2) is 24.3 Å². The smallest absolute Gasteiger partial charge is 0.0353 e. The molecule has 118 valence electrons. The summed E-state index contributed by atoms with van der Waals surface area (Å²) >= 11 is 0. The first kappa shape index (κ1) is 16.5. The first-order valence-electron chi connectivity index (χ1n) is 8.82. The molecule has 3 atom stereocenters. The summed E-state index contributed by atoms with van der Waals surface area (Å²) in [5.74, 6) is 1.42. The van der Waals surface area contributed by atoms with Crippen LogP contribution in [0.4, 0.5) is 0 Å².